The van der Waals surface area contributed by atoms with Crippen LogP contribution < -0.4 is 0 Å². The van der Waals surface area contributed by atoms with Crippen molar-refractivity contribution in [1.29, 1.82) is 0 Å². The van der Waals surface area contributed by atoms with Crippen LogP contribution in [0.4, 0.5) is 0 Å². The van der Waals surface area contributed by atoms with E-state index in [2.05, 4.69) is 26.0 Å². The predicted octanol–water partition coefficient (Wildman–Crippen LogP) is 4.96. The van der Waals surface area contributed by atoms with E-state index in [-0.39, 0.29) is 0 Å². The molecule has 1 nitrogen and oxygen atoms in total. The molecule has 0 saturated carbocycles. The van der Waals surface area contributed by atoms with E-state index in [1.54, 1.807) is 11.1 Å². The van der Waals surface area contributed by atoms with Gasteiger partial charge in [0, 0.05) is 12.0 Å². The number of fused-ring (bicyclic) bond motifs is 2. The van der Waals surface area contributed by atoms with Crippen molar-refractivity contribution in [3.63, 3.8) is 0 Å². The van der Waals surface area contributed by atoms with Crippen LogP contribution in [0, 0.1) is 13.8 Å². The summed E-state index contributed by atoms with van der Waals surface area (Å²) < 4.78 is 5.63. The molecule has 1 heteroatoms. The third kappa shape index (κ3) is 2.86. The van der Waals surface area contributed by atoms with Crippen molar-refractivity contribution in [2.75, 3.05) is 13.2 Å². The van der Waals surface area contributed by atoms with Crippen LogP contribution >= 0.6 is 0 Å². The second-order valence-electron chi connectivity index (χ2n) is 5.14. The molecule has 1 aliphatic carbocycles. The minimum atomic E-state index is 0.380. The standard InChI is InChI=1S/C14H18O.2C2H6/c1-10-3-4-11(2)13-12(10)5-6-14(13)7-8-15-9-14;2*1-2/h3-4H,5-9H2,1-2H3;2*1-2H3. The minimum absolute atomic E-state index is 0.380. The van der Waals surface area contributed by atoms with Gasteiger partial charge in [0.1, 0.15) is 0 Å². The molecule has 1 unspecified atom stereocenters. The van der Waals surface area contributed by atoms with E-state index >= 15 is 0 Å². The van der Waals surface area contributed by atoms with E-state index in [0.29, 0.717) is 5.41 Å². The van der Waals surface area contributed by atoms with Gasteiger partial charge in [-0.25, -0.2) is 0 Å². The topological polar surface area (TPSA) is 9.23 Å². The molecule has 2 aliphatic rings. The second kappa shape index (κ2) is 7.09. The summed E-state index contributed by atoms with van der Waals surface area (Å²) in [4.78, 5) is 0. The van der Waals surface area contributed by atoms with Crippen molar-refractivity contribution in [2.24, 2.45) is 0 Å². The lowest BCUT2D eigenvalue weighted by Crippen LogP contribution is -2.23. The van der Waals surface area contributed by atoms with Crippen molar-refractivity contribution in [3.05, 3.63) is 34.4 Å². The van der Waals surface area contributed by atoms with Crippen LogP contribution in [0.1, 0.15) is 62.8 Å². The Kier molecular flexibility index (Phi) is 6.06. The monoisotopic (exact) mass is 262 g/mol. The average Bonchev–Trinajstić information content (AvgIpc) is 3.09. The summed E-state index contributed by atoms with van der Waals surface area (Å²) in [6.07, 6.45) is 3.78. The Morgan fingerprint density at radius 2 is 1.58 bits per heavy atom. The molecular formula is C18H30O. The van der Waals surface area contributed by atoms with Gasteiger partial charge in [-0.2, -0.15) is 0 Å². The van der Waals surface area contributed by atoms with E-state index < -0.39 is 0 Å². The summed E-state index contributed by atoms with van der Waals surface area (Å²) in [7, 11) is 0. The zero-order valence-corrected chi connectivity index (χ0v) is 13.6. The first-order valence-corrected chi connectivity index (χ1v) is 7.90. The Morgan fingerprint density at radius 1 is 0.947 bits per heavy atom. The zero-order valence-electron chi connectivity index (χ0n) is 13.6. The number of aryl methyl sites for hydroxylation is 2. The number of benzene rings is 1. The van der Waals surface area contributed by atoms with Crippen LogP contribution in [0.15, 0.2) is 12.1 Å². The van der Waals surface area contributed by atoms with Crippen LogP contribution in [0.25, 0.3) is 0 Å². The van der Waals surface area contributed by atoms with Gasteiger partial charge < -0.3 is 4.74 Å². The third-order valence-electron chi connectivity index (χ3n) is 4.24. The fraction of sp³-hybridized carbons (Fsp3) is 0.667. The smallest absolute Gasteiger partial charge is 0.0564 e. The SMILES string of the molecule is CC.CC.Cc1ccc(C)c2c1CCC21CCOC1. The highest BCUT2D eigenvalue weighted by Gasteiger charge is 2.43. The highest BCUT2D eigenvalue weighted by Crippen LogP contribution is 2.46. The maximum atomic E-state index is 5.63. The first-order valence-electron chi connectivity index (χ1n) is 7.90. The molecule has 0 amide bonds. The molecule has 108 valence electrons. The van der Waals surface area contributed by atoms with Gasteiger partial charge in [0.25, 0.3) is 0 Å². The van der Waals surface area contributed by atoms with Gasteiger partial charge in [-0.05, 0) is 55.4 Å². The predicted molar refractivity (Wildman–Crippen MR) is 84.0 cm³/mol. The fourth-order valence-corrected chi connectivity index (χ4v) is 3.42. The van der Waals surface area contributed by atoms with Gasteiger partial charge in [-0.15, -0.1) is 0 Å². The summed E-state index contributed by atoms with van der Waals surface area (Å²) in [6.45, 7) is 14.4. The van der Waals surface area contributed by atoms with Gasteiger partial charge >= 0.3 is 0 Å². The van der Waals surface area contributed by atoms with Crippen LogP contribution in [0.2, 0.25) is 0 Å². The van der Waals surface area contributed by atoms with Crippen molar-refractivity contribution < 1.29 is 4.74 Å². The molecule has 1 atom stereocenters. The number of rotatable bonds is 0. The Labute approximate surface area is 119 Å². The van der Waals surface area contributed by atoms with E-state index in [1.165, 1.54) is 30.4 Å². The molecule has 1 spiro atoms. The molecule has 3 rings (SSSR count). The van der Waals surface area contributed by atoms with Gasteiger partial charge in [-0.1, -0.05) is 39.8 Å². The molecule has 1 saturated heterocycles. The van der Waals surface area contributed by atoms with Crippen LogP contribution in [-0.4, -0.2) is 13.2 Å². The molecule has 0 bridgehead atoms. The lowest BCUT2D eigenvalue weighted by molar-refractivity contribution is 0.177. The molecule has 1 aromatic rings. The van der Waals surface area contributed by atoms with E-state index in [9.17, 15) is 0 Å². The summed E-state index contributed by atoms with van der Waals surface area (Å²) in [5.41, 5.74) is 6.56. The van der Waals surface area contributed by atoms with E-state index in [4.69, 9.17) is 4.74 Å². The normalized spacial score (nSPS) is 23.3. The van der Waals surface area contributed by atoms with Crippen LogP contribution in [-0.2, 0) is 16.6 Å². The molecule has 19 heavy (non-hydrogen) atoms. The Morgan fingerprint density at radius 3 is 2.16 bits per heavy atom. The average molecular weight is 262 g/mol. The summed E-state index contributed by atoms with van der Waals surface area (Å²) in [5.74, 6) is 0. The summed E-state index contributed by atoms with van der Waals surface area (Å²) in [6, 6.07) is 4.54. The highest BCUT2D eigenvalue weighted by molar-refractivity contribution is 5.49. The zero-order chi connectivity index (χ0) is 14.5. The molecule has 0 aromatic heterocycles. The molecule has 1 aliphatic heterocycles. The molecule has 1 heterocycles. The quantitative estimate of drug-likeness (QED) is 0.642. The maximum absolute atomic E-state index is 5.63. The van der Waals surface area contributed by atoms with Gasteiger partial charge in [0.2, 0.25) is 0 Å². The van der Waals surface area contributed by atoms with Crippen molar-refractivity contribution in [3.8, 4) is 0 Å². The number of hydrogen-bond acceptors (Lipinski definition) is 1. The van der Waals surface area contributed by atoms with Crippen LogP contribution in [0.5, 0.6) is 0 Å². The van der Waals surface area contributed by atoms with Gasteiger partial charge in [0.15, 0.2) is 0 Å². The molecule has 1 fully saturated rings. The summed E-state index contributed by atoms with van der Waals surface area (Å²) in [5, 5.41) is 0. The van der Waals surface area contributed by atoms with Gasteiger partial charge in [-0.3, -0.25) is 0 Å². The number of hydrogen-bond donors (Lipinski definition) is 0. The number of ether oxygens (including phenoxy) is 1. The summed E-state index contributed by atoms with van der Waals surface area (Å²) >= 11 is 0. The lowest BCUT2D eigenvalue weighted by Gasteiger charge is -2.24. The van der Waals surface area contributed by atoms with Crippen LogP contribution in [0.3, 0.4) is 0 Å². The van der Waals surface area contributed by atoms with E-state index in [0.717, 1.165) is 13.2 Å². The second-order valence-corrected chi connectivity index (χ2v) is 5.14. The maximum Gasteiger partial charge on any atom is 0.0564 e. The van der Waals surface area contributed by atoms with Crippen molar-refractivity contribution in [1.82, 2.24) is 0 Å². The Bertz CT molecular complexity index is 400. The largest absolute Gasteiger partial charge is 0.380 e. The molecule has 0 N–H and O–H groups in total. The van der Waals surface area contributed by atoms with Gasteiger partial charge in [0.05, 0.1) is 6.61 Å². The fourth-order valence-electron chi connectivity index (χ4n) is 3.42. The first-order chi connectivity index (χ1) is 9.23. The molecular weight excluding hydrogens is 232 g/mol. The minimum Gasteiger partial charge on any atom is -0.380 e. The van der Waals surface area contributed by atoms with Crippen molar-refractivity contribution >= 4 is 0 Å². The highest BCUT2D eigenvalue weighted by atomic mass is 16.5. The van der Waals surface area contributed by atoms with E-state index in [1.807, 2.05) is 27.7 Å². The Balaban J connectivity index is 0.000000415. The lowest BCUT2D eigenvalue weighted by atomic mass is 9.79. The molecule has 0 radical (unpaired) electrons. The third-order valence-corrected chi connectivity index (χ3v) is 4.24. The molecule has 1 aromatic carbocycles. The Hall–Kier alpha value is -0.820. The first kappa shape index (κ1) is 16.2. The van der Waals surface area contributed by atoms with Crippen molar-refractivity contribution in [2.45, 2.75) is 66.2 Å².